The lowest BCUT2D eigenvalue weighted by molar-refractivity contribution is 0.285. The summed E-state index contributed by atoms with van der Waals surface area (Å²) in [6, 6.07) is 5.20. The summed E-state index contributed by atoms with van der Waals surface area (Å²) in [5.41, 5.74) is 6.93. The van der Waals surface area contributed by atoms with Crippen molar-refractivity contribution >= 4 is 27.2 Å². The topological polar surface area (TPSA) is 63.4 Å². The lowest BCUT2D eigenvalue weighted by atomic mass is 9.96. The molecule has 1 fully saturated rings. The molecule has 1 aromatic rings. The second-order valence-corrected chi connectivity index (χ2v) is 8.06. The number of benzene rings is 1. The largest absolute Gasteiger partial charge is 0.389 e. The maximum Gasteiger partial charge on any atom is 0.243 e. The van der Waals surface area contributed by atoms with Gasteiger partial charge in [-0.05, 0) is 31.4 Å². The summed E-state index contributed by atoms with van der Waals surface area (Å²) in [6.07, 6.45) is 5.25. The Hall–Kier alpha value is -0.980. The number of hydrogen-bond donors (Lipinski definition) is 1. The number of aryl methyl sites for hydroxylation is 1. The molecule has 0 bridgehead atoms. The number of thiocarbonyl (C=S) groups is 1. The first-order valence-corrected chi connectivity index (χ1v) is 9.07. The fraction of sp³-hybridized carbons (Fsp3) is 0.533. The van der Waals surface area contributed by atoms with Crippen LogP contribution in [0.3, 0.4) is 0 Å². The highest BCUT2D eigenvalue weighted by Gasteiger charge is 2.30. The van der Waals surface area contributed by atoms with Gasteiger partial charge in [0.25, 0.3) is 0 Å². The van der Waals surface area contributed by atoms with Gasteiger partial charge in [-0.2, -0.15) is 4.31 Å². The van der Waals surface area contributed by atoms with Crippen molar-refractivity contribution in [2.24, 2.45) is 5.73 Å². The van der Waals surface area contributed by atoms with Crippen molar-refractivity contribution in [3.05, 3.63) is 29.3 Å². The molecule has 0 radical (unpaired) electrons. The van der Waals surface area contributed by atoms with Gasteiger partial charge < -0.3 is 5.73 Å². The third-order valence-corrected chi connectivity index (χ3v) is 6.51. The molecule has 0 unspecified atom stereocenters. The number of nitrogens with zero attached hydrogens (tertiary/aromatic N) is 1. The Morgan fingerprint density at radius 1 is 1.29 bits per heavy atom. The number of nitrogens with two attached hydrogens (primary N) is 1. The maximum absolute atomic E-state index is 12.9. The summed E-state index contributed by atoms with van der Waals surface area (Å²) in [6.45, 7) is 1.80. The minimum Gasteiger partial charge on any atom is -0.389 e. The summed E-state index contributed by atoms with van der Waals surface area (Å²) in [4.78, 5) is 0.521. The van der Waals surface area contributed by atoms with E-state index in [-0.39, 0.29) is 11.0 Å². The first-order chi connectivity index (χ1) is 9.84. The summed E-state index contributed by atoms with van der Waals surface area (Å²) >= 11 is 4.95. The first-order valence-electron chi connectivity index (χ1n) is 7.22. The summed E-state index contributed by atoms with van der Waals surface area (Å²) in [5.74, 6) is 0. The quantitative estimate of drug-likeness (QED) is 0.864. The van der Waals surface area contributed by atoms with E-state index in [1.54, 1.807) is 32.2 Å². The highest BCUT2D eigenvalue weighted by Crippen LogP contribution is 2.28. The zero-order chi connectivity index (χ0) is 15.6. The molecule has 21 heavy (non-hydrogen) atoms. The van der Waals surface area contributed by atoms with Crippen LogP contribution < -0.4 is 5.73 Å². The van der Waals surface area contributed by atoms with Gasteiger partial charge in [0.05, 0.1) is 4.90 Å². The number of rotatable bonds is 4. The molecule has 2 rings (SSSR count). The van der Waals surface area contributed by atoms with Gasteiger partial charge in [-0.15, -0.1) is 0 Å². The molecule has 116 valence electrons. The zero-order valence-electron chi connectivity index (χ0n) is 12.5. The second kappa shape index (κ2) is 6.42. The van der Waals surface area contributed by atoms with Gasteiger partial charge in [-0.25, -0.2) is 8.42 Å². The lowest BCUT2D eigenvalue weighted by Crippen LogP contribution is -2.38. The predicted molar refractivity (Wildman–Crippen MR) is 88.9 cm³/mol. The molecule has 0 aromatic heterocycles. The fourth-order valence-electron chi connectivity index (χ4n) is 2.83. The number of sulfonamides is 1. The molecule has 1 aliphatic rings. The van der Waals surface area contributed by atoms with E-state index < -0.39 is 10.0 Å². The first kappa shape index (κ1) is 16.4. The van der Waals surface area contributed by atoms with E-state index in [0.717, 1.165) is 31.2 Å². The summed E-state index contributed by atoms with van der Waals surface area (Å²) < 4.78 is 27.3. The van der Waals surface area contributed by atoms with Crippen molar-refractivity contribution in [3.63, 3.8) is 0 Å². The Bertz CT molecular complexity index is 635. The normalized spacial score (nSPS) is 17.1. The van der Waals surface area contributed by atoms with Crippen LogP contribution in [-0.4, -0.2) is 30.8 Å². The highest BCUT2D eigenvalue weighted by molar-refractivity contribution is 7.89. The van der Waals surface area contributed by atoms with Crippen molar-refractivity contribution in [2.75, 3.05) is 7.05 Å². The van der Waals surface area contributed by atoms with Crippen LogP contribution in [0, 0.1) is 6.92 Å². The summed E-state index contributed by atoms with van der Waals surface area (Å²) in [7, 11) is -1.83. The molecular weight excluding hydrogens is 304 g/mol. The molecule has 0 heterocycles. The molecule has 0 saturated heterocycles. The lowest BCUT2D eigenvalue weighted by Gasteiger charge is -2.30. The monoisotopic (exact) mass is 326 g/mol. The molecule has 6 heteroatoms. The highest BCUT2D eigenvalue weighted by atomic mass is 32.2. The van der Waals surface area contributed by atoms with Crippen LogP contribution in [0.25, 0.3) is 0 Å². The molecular formula is C15H22N2O2S2. The summed E-state index contributed by atoms with van der Waals surface area (Å²) in [5, 5.41) is 0. The van der Waals surface area contributed by atoms with E-state index in [1.165, 1.54) is 10.7 Å². The fourth-order valence-corrected chi connectivity index (χ4v) is 4.62. The Labute approximate surface area is 132 Å². The van der Waals surface area contributed by atoms with Crippen LogP contribution in [0.5, 0.6) is 0 Å². The van der Waals surface area contributed by atoms with Crippen molar-refractivity contribution in [1.82, 2.24) is 4.31 Å². The van der Waals surface area contributed by atoms with Crippen LogP contribution in [0.1, 0.15) is 43.2 Å². The van der Waals surface area contributed by atoms with Gasteiger partial charge in [0.15, 0.2) is 0 Å². The van der Waals surface area contributed by atoms with Crippen LogP contribution in [-0.2, 0) is 10.0 Å². The van der Waals surface area contributed by atoms with Crippen LogP contribution in [0.15, 0.2) is 23.1 Å². The standard InChI is InChI=1S/C15H22N2O2S2/c1-11-8-9-12(15(16)20)10-14(11)21(18,19)17(2)13-6-4-3-5-7-13/h8-10,13H,3-7H2,1-2H3,(H2,16,20). The van der Waals surface area contributed by atoms with Crippen molar-refractivity contribution in [3.8, 4) is 0 Å². The number of hydrogen-bond acceptors (Lipinski definition) is 3. The third-order valence-electron chi connectivity index (χ3n) is 4.22. The minimum absolute atomic E-state index is 0.0941. The Morgan fingerprint density at radius 2 is 1.90 bits per heavy atom. The molecule has 4 nitrogen and oxygen atoms in total. The van der Waals surface area contributed by atoms with Gasteiger partial charge in [0.1, 0.15) is 4.99 Å². The van der Waals surface area contributed by atoms with Gasteiger partial charge in [0, 0.05) is 18.7 Å². The smallest absolute Gasteiger partial charge is 0.243 e. The van der Waals surface area contributed by atoms with E-state index in [2.05, 4.69) is 0 Å². The Kier molecular flexibility index (Phi) is 5.01. The average molecular weight is 326 g/mol. The molecule has 1 saturated carbocycles. The van der Waals surface area contributed by atoms with Crippen LogP contribution >= 0.6 is 12.2 Å². The van der Waals surface area contributed by atoms with E-state index >= 15 is 0 Å². The second-order valence-electron chi connectivity index (χ2n) is 5.66. The van der Waals surface area contributed by atoms with Crippen molar-refractivity contribution in [2.45, 2.75) is 50.0 Å². The van der Waals surface area contributed by atoms with Gasteiger partial charge in [0.2, 0.25) is 10.0 Å². The Balaban J connectivity index is 2.38. The van der Waals surface area contributed by atoms with E-state index in [0.29, 0.717) is 10.5 Å². The molecule has 1 aliphatic carbocycles. The Morgan fingerprint density at radius 3 is 2.48 bits per heavy atom. The van der Waals surface area contributed by atoms with Gasteiger partial charge in [-0.3, -0.25) is 0 Å². The SMILES string of the molecule is Cc1ccc(C(N)=S)cc1S(=O)(=O)N(C)C1CCCCC1. The van der Waals surface area contributed by atoms with Gasteiger partial charge in [-0.1, -0.05) is 43.6 Å². The third kappa shape index (κ3) is 3.44. The molecule has 0 amide bonds. The van der Waals surface area contributed by atoms with E-state index in [1.807, 2.05) is 0 Å². The molecule has 2 N–H and O–H groups in total. The van der Waals surface area contributed by atoms with Crippen LogP contribution in [0.4, 0.5) is 0 Å². The molecule has 0 spiro atoms. The molecule has 0 aliphatic heterocycles. The van der Waals surface area contributed by atoms with Gasteiger partial charge >= 0.3 is 0 Å². The minimum atomic E-state index is -3.51. The van der Waals surface area contributed by atoms with Crippen LogP contribution in [0.2, 0.25) is 0 Å². The maximum atomic E-state index is 12.9. The average Bonchev–Trinajstić information content (AvgIpc) is 2.47. The molecule has 0 atom stereocenters. The molecule has 1 aromatic carbocycles. The van der Waals surface area contributed by atoms with E-state index in [4.69, 9.17) is 18.0 Å². The van der Waals surface area contributed by atoms with Crippen molar-refractivity contribution < 1.29 is 8.42 Å². The van der Waals surface area contributed by atoms with Crippen molar-refractivity contribution in [1.29, 1.82) is 0 Å². The zero-order valence-corrected chi connectivity index (χ0v) is 14.1. The van der Waals surface area contributed by atoms with E-state index in [9.17, 15) is 8.42 Å². The predicted octanol–water partition coefficient (Wildman–Crippen LogP) is 2.58.